The number of rotatable bonds is 8. The van der Waals surface area contributed by atoms with Gasteiger partial charge in [0, 0.05) is 29.7 Å². The van der Waals surface area contributed by atoms with Gasteiger partial charge in [-0.25, -0.2) is 9.18 Å². The molecule has 0 fully saturated rings. The Labute approximate surface area is 226 Å². The molecule has 8 nitrogen and oxygen atoms in total. The molecular weight excluding hydrogens is 501 g/mol. The first-order valence-electron chi connectivity index (χ1n) is 12.8. The summed E-state index contributed by atoms with van der Waals surface area (Å²) in [6.45, 7) is 4.45. The second-order valence-corrected chi connectivity index (χ2v) is 10.0. The molecule has 5 N–H and O–H groups in total. The van der Waals surface area contributed by atoms with Crippen molar-refractivity contribution in [3.8, 4) is 22.4 Å². The Hall–Kier alpha value is -4.08. The smallest absolute Gasteiger partial charge is 0.315 e. The molecule has 0 unspecified atom stereocenters. The number of aliphatic carboxylic acids is 1. The monoisotopic (exact) mass is 533 g/mol. The molecule has 0 spiro atoms. The lowest BCUT2D eigenvalue weighted by atomic mass is 9.87. The van der Waals surface area contributed by atoms with Gasteiger partial charge in [0.15, 0.2) is 0 Å². The minimum absolute atomic E-state index is 0.0495. The van der Waals surface area contributed by atoms with Crippen LogP contribution in [0.5, 0.6) is 0 Å². The number of carbonyl (C=O) groups is 2. The largest absolute Gasteiger partial charge is 0.481 e. The standard InChI is InChI=1S/C30H32FN3O5/c1-17(2)28-24(12-11-21(35)13-22(36)14-26(37)38)27(18-7-9-20(31)10-8-18)25-16-34(30(32)39)15-19-5-3-4-6-23(19)29(25)33-28/h3-12,17,21-22,35-36H,13-16H2,1-2H3,(H2,32,39)(H,37,38)/t21-,22-/m1/s1. The van der Waals surface area contributed by atoms with Crippen LogP contribution in [-0.2, 0) is 17.9 Å². The second-order valence-electron chi connectivity index (χ2n) is 10.0. The van der Waals surface area contributed by atoms with Gasteiger partial charge in [-0.2, -0.15) is 0 Å². The number of nitrogens with two attached hydrogens (primary N) is 1. The van der Waals surface area contributed by atoms with Gasteiger partial charge in [-0.15, -0.1) is 0 Å². The molecule has 39 heavy (non-hydrogen) atoms. The van der Waals surface area contributed by atoms with Gasteiger partial charge >= 0.3 is 12.0 Å². The Kier molecular flexibility index (Phi) is 8.42. The molecule has 0 bridgehead atoms. The van der Waals surface area contributed by atoms with Crippen molar-refractivity contribution in [3.05, 3.63) is 82.8 Å². The molecule has 1 aromatic heterocycles. The number of carboxylic acid groups (broad SMARTS) is 1. The summed E-state index contributed by atoms with van der Waals surface area (Å²) in [6.07, 6.45) is 0.212. The van der Waals surface area contributed by atoms with Crippen LogP contribution in [0.15, 0.2) is 54.6 Å². The van der Waals surface area contributed by atoms with Crippen molar-refractivity contribution in [3.63, 3.8) is 0 Å². The van der Waals surface area contributed by atoms with Gasteiger partial charge in [0.25, 0.3) is 0 Å². The van der Waals surface area contributed by atoms with Crippen molar-refractivity contribution in [2.24, 2.45) is 5.73 Å². The number of halogens is 1. The van der Waals surface area contributed by atoms with E-state index in [2.05, 4.69) is 0 Å². The Bertz CT molecular complexity index is 1400. The number of urea groups is 1. The molecule has 0 saturated carbocycles. The molecule has 2 atom stereocenters. The number of hydrogen-bond acceptors (Lipinski definition) is 5. The lowest BCUT2D eigenvalue weighted by Crippen LogP contribution is -2.34. The van der Waals surface area contributed by atoms with E-state index in [9.17, 15) is 24.2 Å². The van der Waals surface area contributed by atoms with Crippen LogP contribution in [0.25, 0.3) is 28.5 Å². The van der Waals surface area contributed by atoms with Gasteiger partial charge < -0.3 is 26.0 Å². The average molecular weight is 534 g/mol. The highest BCUT2D eigenvalue weighted by molar-refractivity contribution is 5.87. The Morgan fingerprint density at radius 3 is 2.44 bits per heavy atom. The number of aliphatic hydroxyl groups is 2. The molecular formula is C30H32FN3O5. The number of pyridine rings is 1. The molecule has 0 saturated heterocycles. The number of carbonyl (C=O) groups excluding carboxylic acids is 1. The van der Waals surface area contributed by atoms with E-state index in [1.54, 1.807) is 18.2 Å². The summed E-state index contributed by atoms with van der Waals surface area (Å²) in [5.74, 6) is -1.60. The van der Waals surface area contributed by atoms with E-state index in [-0.39, 0.29) is 18.9 Å². The fourth-order valence-corrected chi connectivity index (χ4v) is 4.94. The average Bonchev–Trinajstić information content (AvgIpc) is 3.03. The van der Waals surface area contributed by atoms with Crippen LogP contribution in [0.4, 0.5) is 9.18 Å². The predicted octanol–water partition coefficient (Wildman–Crippen LogP) is 4.67. The van der Waals surface area contributed by atoms with Crippen molar-refractivity contribution in [2.75, 3.05) is 0 Å². The lowest BCUT2D eigenvalue weighted by Gasteiger charge is -2.24. The highest BCUT2D eigenvalue weighted by atomic mass is 19.1. The first kappa shape index (κ1) is 27.9. The number of amides is 2. The van der Waals surface area contributed by atoms with Gasteiger partial charge in [0.2, 0.25) is 0 Å². The molecule has 0 aliphatic carbocycles. The number of carboxylic acids is 1. The SMILES string of the molecule is CC(C)c1nc2c(c(-c3ccc(F)cc3)c1C=C[C@@H](O)C[C@@H](O)CC(=O)O)CN(C(N)=O)Cc1ccccc1-2. The molecule has 2 aromatic carbocycles. The van der Waals surface area contributed by atoms with E-state index >= 15 is 0 Å². The van der Waals surface area contributed by atoms with Crippen LogP contribution < -0.4 is 5.73 Å². The molecule has 2 amide bonds. The highest BCUT2D eigenvalue weighted by Crippen LogP contribution is 2.42. The van der Waals surface area contributed by atoms with Crippen LogP contribution in [0.1, 0.15) is 55.0 Å². The van der Waals surface area contributed by atoms with Crippen LogP contribution >= 0.6 is 0 Å². The van der Waals surface area contributed by atoms with Crippen LogP contribution in [0, 0.1) is 5.82 Å². The van der Waals surface area contributed by atoms with Gasteiger partial charge in [-0.3, -0.25) is 9.78 Å². The van der Waals surface area contributed by atoms with Crippen molar-refractivity contribution in [1.82, 2.24) is 9.88 Å². The topological polar surface area (TPSA) is 137 Å². The normalized spacial score (nSPS) is 14.6. The summed E-state index contributed by atoms with van der Waals surface area (Å²) >= 11 is 0. The van der Waals surface area contributed by atoms with Crippen LogP contribution in [0.2, 0.25) is 0 Å². The quantitative estimate of drug-likeness (QED) is 0.332. The molecule has 0 radical (unpaired) electrons. The zero-order valence-electron chi connectivity index (χ0n) is 21.8. The van der Waals surface area contributed by atoms with E-state index in [4.69, 9.17) is 15.8 Å². The molecule has 4 rings (SSSR count). The van der Waals surface area contributed by atoms with Gasteiger partial charge in [0.05, 0.1) is 36.6 Å². The lowest BCUT2D eigenvalue weighted by molar-refractivity contribution is -0.139. The van der Waals surface area contributed by atoms with E-state index in [0.29, 0.717) is 23.4 Å². The molecule has 204 valence electrons. The number of benzene rings is 2. The molecule has 1 aliphatic rings. The van der Waals surface area contributed by atoms with Crippen LogP contribution in [0.3, 0.4) is 0 Å². The fraction of sp³-hybridized carbons (Fsp3) is 0.300. The zero-order valence-corrected chi connectivity index (χ0v) is 21.8. The third-order valence-electron chi connectivity index (χ3n) is 6.75. The second kappa shape index (κ2) is 11.8. The molecule has 2 heterocycles. The van der Waals surface area contributed by atoms with Crippen LogP contribution in [-0.4, -0.2) is 49.4 Å². The number of aliphatic hydroxyl groups excluding tert-OH is 2. The minimum Gasteiger partial charge on any atom is -0.481 e. The summed E-state index contributed by atoms with van der Waals surface area (Å²) in [4.78, 5) is 30.0. The van der Waals surface area contributed by atoms with Crippen molar-refractivity contribution >= 4 is 18.1 Å². The number of primary amides is 1. The number of aromatic nitrogens is 1. The first-order chi connectivity index (χ1) is 18.5. The highest BCUT2D eigenvalue weighted by Gasteiger charge is 2.28. The van der Waals surface area contributed by atoms with E-state index in [0.717, 1.165) is 27.9 Å². The van der Waals surface area contributed by atoms with E-state index in [1.807, 2.05) is 38.1 Å². The predicted molar refractivity (Wildman–Crippen MR) is 146 cm³/mol. The van der Waals surface area contributed by atoms with Gasteiger partial charge in [-0.1, -0.05) is 62.4 Å². The van der Waals surface area contributed by atoms with Crippen molar-refractivity contribution in [2.45, 2.75) is 57.9 Å². The Balaban J connectivity index is 1.96. The summed E-state index contributed by atoms with van der Waals surface area (Å²) in [7, 11) is 0. The maximum Gasteiger partial charge on any atom is 0.315 e. The minimum atomic E-state index is -1.21. The maximum atomic E-state index is 14.0. The number of fused-ring (bicyclic) bond motifs is 3. The Morgan fingerprint density at radius 2 is 1.79 bits per heavy atom. The molecule has 3 aromatic rings. The third-order valence-corrected chi connectivity index (χ3v) is 6.75. The molecule has 9 heteroatoms. The Morgan fingerprint density at radius 1 is 1.10 bits per heavy atom. The third kappa shape index (κ3) is 6.32. The summed E-state index contributed by atoms with van der Waals surface area (Å²) in [6, 6.07) is 13.1. The van der Waals surface area contributed by atoms with Crippen molar-refractivity contribution < 1.29 is 29.3 Å². The molecule has 1 aliphatic heterocycles. The fourth-order valence-electron chi connectivity index (χ4n) is 4.94. The van der Waals surface area contributed by atoms with Crippen molar-refractivity contribution in [1.29, 1.82) is 0 Å². The maximum absolute atomic E-state index is 14.0. The summed E-state index contributed by atoms with van der Waals surface area (Å²) < 4.78 is 14.0. The van der Waals surface area contributed by atoms with E-state index < -0.39 is 36.4 Å². The summed E-state index contributed by atoms with van der Waals surface area (Å²) in [5.41, 5.74) is 11.8. The van der Waals surface area contributed by atoms with Gasteiger partial charge in [0.1, 0.15) is 5.82 Å². The zero-order chi connectivity index (χ0) is 28.3. The number of hydrogen-bond donors (Lipinski definition) is 4. The summed E-state index contributed by atoms with van der Waals surface area (Å²) in [5, 5.41) is 29.5. The van der Waals surface area contributed by atoms with E-state index in [1.165, 1.54) is 23.1 Å². The first-order valence-corrected chi connectivity index (χ1v) is 12.8. The number of nitrogens with zero attached hydrogens (tertiary/aromatic N) is 2. The van der Waals surface area contributed by atoms with Gasteiger partial charge in [-0.05, 0) is 34.7 Å².